The van der Waals surface area contributed by atoms with E-state index in [0.717, 1.165) is 17.8 Å². The summed E-state index contributed by atoms with van der Waals surface area (Å²) in [6.07, 6.45) is 9.49. The zero-order valence-corrected chi connectivity index (χ0v) is 10.1. The van der Waals surface area contributed by atoms with E-state index in [0.29, 0.717) is 11.8 Å². The van der Waals surface area contributed by atoms with E-state index < -0.39 is 0 Å². The van der Waals surface area contributed by atoms with Crippen molar-refractivity contribution in [2.24, 2.45) is 29.6 Å². The van der Waals surface area contributed by atoms with E-state index in [1.165, 1.54) is 44.8 Å². The molecule has 0 radical (unpaired) electrons. The third-order valence-corrected chi connectivity index (χ3v) is 5.01. The molecule has 0 N–H and O–H groups in total. The van der Waals surface area contributed by atoms with Crippen molar-refractivity contribution >= 4 is 6.29 Å². The Morgan fingerprint density at radius 2 is 2.00 bits per heavy atom. The van der Waals surface area contributed by atoms with Gasteiger partial charge in [0.05, 0.1) is 0 Å². The first-order chi connectivity index (χ1) is 7.22. The molecule has 86 valence electrons. The zero-order valence-electron chi connectivity index (χ0n) is 10.1. The first kappa shape index (κ1) is 11.2. The summed E-state index contributed by atoms with van der Waals surface area (Å²) in [6.45, 7) is 4.52. The highest BCUT2D eigenvalue weighted by Crippen LogP contribution is 2.46. The van der Waals surface area contributed by atoms with Gasteiger partial charge in [-0.05, 0) is 42.9 Å². The lowest BCUT2D eigenvalue weighted by molar-refractivity contribution is -0.113. The molecule has 2 aliphatic carbocycles. The average molecular weight is 208 g/mol. The maximum absolute atomic E-state index is 10.8. The maximum atomic E-state index is 10.8. The van der Waals surface area contributed by atoms with Gasteiger partial charge in [-0.3, -0.25) is 0 Å². The largest absolute Gasteiger partial charge is 0.303 e. The van der Waals surface area contributed by atoms with Crippen LogP contribution >= 0.6 is 0 Å². The van der Waals surface area contributed by atoms with Gasteiger partial charge >= 0.3 is 0 Å². The fourth-order valence-corrected chi connectivity index (χ4v) is 3.86. The molecule has 0 spiro atoms. The molecule has 2 aliphatic rings. The normalized spacial score (nSPS) is 43.1. The standard InChI is InChI=1S/C14H24O/c1-10-4-3-5-12-6-7-13(8-14(10)12)11(2)9-15/h9-14H,3-8H2,1-2H3. The topological polar surface area (TPSA) is 17.1 Å². The van der Waals surface area contributed by atoms with Crippen LogP contribution in [0.1, 0.15) is 52.4 Å². The Hall–Kier alpha value is -0.330. The molecule has 5 atom stereocenters. The molecule has 1 heteroatoms. The number of rotatable bonds is 2. The Morgan fingerprint density at radius 1 is 1.20 bits per heavy atom. The van der Waals surface area contributed by atoms with E-state index in [9.17, 15) is 4.79 Å². The number of aldehydes is 1. The number of hydrogen-bond donors (Lipinski definition) is 0. The molecule has 1 nitrogen and oxygen atoms in total. The van der Waals surface area contributed by atoms with Crippen molar-refractivity contribution in [2.45, 2.75) is 52.4 Å². The third-order valence-electron chi connectivity index (χ3n) is 5.01. The van der Waals surface area contributed by atoms with Gasteiger partial charge in [0, 0.05) is 5.92 Å². The number of carbonyl (C=O) groups is 1. The van der Waals surface area contributed by atoms with Crippen molar-refractivity contribution in [2.75, 3.05) is 0 Å². The highest BCUT2D eigenvalue weighted by atomic mass is 16.1. The van der Waals surface area contributed by atoms with Crippen molar-refractivity contribution < 1.29 is 4.79 Å². The van der Waals surface area contributed by atoms with Crippen LogP contribution in [0.4, 0.5) is 0 Å². The van der Waals surface area contributed by atoms with Gasteiger partial charge in [0.2, 0.25) is 0 Å². The van der Waals surface area contributed by atoms with Gasteiger partial charge in [-0.15, -0.1) is 0 Å². The molecule has 5 unspecified atom stereocenters. The maximum Gasteiger partial charge on any atom is 0.123 e. The lowest BCUT2D eigenvalue weighted by Gasteiger charge is -2.43. The molecule has 0 aliphatic heterocycles. The van der Waals surface area contributed by atoms with Gasteiger partial charge in [0.15, 0.2) is 0 Å². The Bertz CT molecular complexity index is 223. The van der Waals surface area contributed by atoms with Crippen molar-refractivity contribution in [3.63, 3.8) is 0 Å². The molecule has 0 aromatic heterocycles. The van der Waals surface area contributed by atoms with Crippen LogP contribution in [-0.2, 0) is 4.79 Å². The first-order valence-corrected chi connectivity index (χ1v) is 6.67. The average Bonchev–Trinajstić information content (AvgIpc) is 2.28. The number of hydrogen-bond acceptors (Lipinski definition) is 1. The lowest BCUT2D eigenvalue weighted by atomic mass is 9.62. The summed E-state index contributed by atoms with van der Waals surface area (Å²) in [4.78, 5) is 10.8. The van der Waals surface area contributed by atoms with Crippen LogP contribution < -0.4 is 0 Å². The summed E-state index contributed by atoms with van der Waals surface area (Å²) >= 11 is 0. The van der Waals surface area contributed by atoms with Gasteiger partial charge in [0.1, 0.15) is 6.29 Å². The fraction of sp³-hybridized carbons (Fsp3) is 0.929. The minimum atomic E-state index is 0.292. The van der Waals surface area contributed by atoms with E-state index in [1.54, 1.807) is 0 Å². The molecule has 0 heterocycles. The summed E-state index contributed by atoms with van der Waals surface area (Å²) in [6, 6.07) is 0. The van der Waals surface area contributed by atoms with Crippen LogP contribution in [-0.4, -0.2) is 6.29 Å². The second kappa shape index (κ2) is 4.67. The van der Waals surface area contributed by atoms with E-state index in [2.05, 4.69) is 13.8 Å². The van der Waals surface area contributed by atoms with Crippen molar-refractivity contribution in [1.29, 1.82) is 0 Å². The Morgan fingerprint density at radius 3 is 2.73 bits per heavy atom. The molecule has 0 amide bonds. The van der Waals surface area contributed by atoms with E-state index in [4.69, 9.17) is 0 Å². The quantitative estimate of drug-likeness (QED) is 0.633. The number of fused-ring (bicyclic) bond motifs is 1. The fourth-order valence-electron chi connectivity index (χ4n) is 3.86. The summed E-state index contributed by atoms with van der Waals surface area (Å²) in [5.74, 6) is 3.80. The molecule has 2 rings (SSSR count). The second-order valence-corrected chi connectivity index (χ2v) is 5.90. The Balaban J connectivity index is 1.98. The van der Waals surface area contributed by atoms with Crippen LogP contribution in [0.25, 0.3) is 0 Å². The minimum Gasteiger partial charge on any atom is -0.303 e. The van der Waals surface area contributed by atoms with Crippen LogP contribution in [0, 0.1) is 29.6 Å². The summed E-state index contributed by atoms with van der Waals surface area (Å²) < 4.78 is 0. The van der Waals surface area contributed by atoms with E-state index >= 15 is 0 Å². The highest BCUT2D eigenvalue weighted by Gasteiger charge is 2.37. The summed E-state index contributed by atoms with van der Waals surface area (Å²) in [5, 5.41) is 0. The van der Waals surface area contributed by atoms with Crippen molar-refractivity contribution in [3.05, 3.63) is 0 Å². The molecule has 0 aromatic rings. The first-order valence-electron chi connectivity index (χ1n) is 6.67. The molecule has 0 bridgehead atoms. The van der Waals surface area contributed by atoms with Gasteiger partial charge in [0.25, 0.3) is 0 Å². The summed E-state index contributed by atoms with van der Waals surface area (Å²) in [5.41, 5.74) is 0. The zero-order chi connectivity index (χ0) is 10.8. The van der Waals surface area contributed by atoms with E-state index in [1.807, 2.05) is 0 Å². The smallest absolute Gasteiger partial charge is 0.123 e. The molecule has 0 aromatic carbocycles. The second-order valence-electron chi connectivity index (χ2n) is 5.90. The SMILES string of the molecule is CC(C=O)C1CCC2CCCC(C)C2C1. The van der Waals surface area contributed by atoms with Gasteiger partial charge < -0.3 is 4.79 Å². The summed E-state index contributed by atoms with van der Waals surface area (Å²) in [7, 11) is 0. The molecule has 2 saturated carbocycles. The predicted octanol–water partition coefficient (Wildman–Crippen LogP) is 3.67. The predicted molar refractivity (Wildman–Crippen MR) is 62.6 cm³/mol. The Labute approximate surface area is 93.6 Å². The minimum absolute atomic E-state index is 0.292. The monoisotopic (exact) mass is 208 g/mol. The molecule has 15 heavy (non-hydrogen) atoms. The number of carbonyl (C=O) groups excluding carboxylic acids is 1. The van der Waals surface area contributed by atoms with Gasteiger partial charge in [-0.25, -0.2) is 0 Å². The molecular formula is C14H24O. The van der Waals surface area contributed by atoms with Gasteiger partial charge in [-0.2, -0.15) is 0 Å². The highest BCUT2D eigenvalue weighted by molar-refractivity contribution is 5.53. The van der Waals surface area contributed by atoms with Crippen molar-refractivity contribution in [3.8, 4) is 0 Å². The van der Waals surface area contributed by atoms with E-state index in [-0.39, 0.29) is 0 Å². The van der Waals surface area contributed by atoms with Gasteiger partial charge in [-0.1, -0.05) is 33.1 Å². The molecule has 2 fully saturated rings. The van der Waals surface area contributed by atoms with Crippen LogP contribution in [0.3, 0.4) is 0 Å². The van der Waals surface area contributed by atoms with Crippen LogP contribution in [0.15, 0.2) is 0 Å². The Kier molecular flexibility index (Phi) is 3.48. The molecule has 0 saturated heterocycles. The van der Waals surface area contributed by atoms with Crippen molar-refractivity contribution in [1.82, 2.24) is 0 Å². The molecular weight excluding hydrogens is 184 g/mol. The van der Waals surface area contributed by atoms with Crippen LogP contribution in [0.5, 0.6) is 0 Å². The lowest BCUT2D eigenvalue weighted by Crippen LogP contribution is -2.34. The van der Waals surface area contributed by atoms with Crippen LogP contribution in [0.2, 0.25) is 0 Å². The third kappa shape index (κ3) is 2.26.